The maximum Gasteiger partial charge on any atom is 0.221 e. The van der Waals surface area contributed by atoms with Gasteiger partial charge in [-0.15, -0.1) is 11.3 Å². The van der Waals surface area contributed by atoms with Crippen LogP contribution in [-0.2, 0) is 0 Å². The van der Waals surface area contributed by atoms with Gasteiger partial charge >= 0.3 is 0 Å². The zero-order valence-electron chi connectivity index (χ0n) is 17.4. The monoisotopic (exact) mass is 453 g/mol. The van der Waals surface area contributed by atoms with Gasteiger partial charge in [0, 0.05) is 28.2 Å². The number of benzene rings is 2. The molecule has 0 saturated carbocycles. The average Bonchev–Trinajstić information content (AvgIpc) is 3.53. The lowest BCUT2D eigenvalue weighted by Gasteiger charge is -2.03. The van der Waals surface area contributed by atoms with Crippen LogP contribution in [0.5, 0.6) is 0 Å². The summed E-state index contributed by atoms with van der Waals surface area (Å²) in [5.41, 5.74) is 3.71. The number of oxazole rings is 1. The molecule has 2 heterocycles. The molecule has 4 aromatic rings. The lowest BCUT2D eigenvalue weighted by molar-refractivity contribution is 0.589. The molecule has 6 nitrogen and oxygen atoms in total. The van der Waals surface area contributed by atoms with Crippen molar-refractivity contribution in [2.45, 2.75) is 0 Å². The molecule has 0 saturated heterocycles. The second-order valence-electron chi connectivity index (χ2n) is 7.25. The molecule has 0 unspecified atom stereocenters. The van der Waals surface area contributed by atoms with Crippen LogP contribution >= 0.6 is 11.3 Å². The first-order valence-electron chi connectivity index (χ1n) is 10.1. The first-order chi connectivity index (χ1) is 16.7. The van der Waals surface area contributed by atoms with Crippen LogP contribution in [0.1, 0.15) is 17.0 Å². The maximum absolute atomic E-state index is 9.61. The van der Waals surface area contributed by atoms with Crippen LogP contribution in [0.4, 0.5) is 0 Å². The van der Waals surface area contributed by atoms with E-state index in [4.69, 9.17) is 4.42 Å². The quantitative estimate of drug-likeness (QED) is 0.330. The van der Waals surface area contributed by atoms with E-state index in [1.807, 2.05) is 60.7 Å². The minimum Gasteiger partial charge on any atom is -0.436 e. The second-order valence-corrected chi connectivity index (χ2v) is 8.28. The van der Waals surface area contributed by atoms with Gasteiger partial charge in [-0.1, -0.05) is 54.6 Å². The van der Waals surface area contributed by atoms with Crippen molar-refractivity contribution in [2.75, 3.05) is 0 Å². The molecule has 1 aliphatic carbocycles. The highest BCUT2D eigenvalue weighted by Crippen LogP contribution is 2.48. The fourth-order valence-electron chi connectivity index (χ4n) is 3.97. The van der Waals surface area contributed by atoms with Gasteiger partial charge in [0.2, 0.25) is 5.89 Å². The normalized spacial score (nSPS) is 11.8. The molecular weight excluding hydrogens is 442 g/mol. The fourth-order valence-corrected chi connectivity index (χ4v) is 4.94. The summed E-state index contributed by atoms with van der Waals surface area (Å²) in [5.74, 6) is 0.254. The van der Waals surface area contributed by atoms with Crippen LogP contribution in [0.25, 0.3) is 38.1 Å². The van der Waals surface area contributed by atoms with Crippen molar-refractivity contribution < 1.29 is 4.42 Å². The molecule has 5 rings (SSSR count). The molecule has 0 aliphatic heterocycles. The van der Waals surface area contributed by atoms with E-state index in [0.29, 0.717) is 38.3 Å². The number of allylic oxidation sites excluding steroid dienone is 5. The van der Waals surface area contributed by atoms with Crippen molar-refractivity contribution >= 4 is 39.0 Å². The van der Waals surface area contributed by atoms with Gasteiger partial charge in [-0.25, -0.2) is 0 Å². The van der Waals surface area contributed by atoms with Gasteiger partial charge < -0.3 is 4.42 Å². The van der Waals surface area contributed by atoms with Gasteiger partial charge in [-0.3, -0.25) is 0 Å². The molecule has 0 radical (unpaired) electrons. The van der Waals surface area contributed by atoms with Crippen LogP contribution in [0.15, 0.2) is 81.8 Å². The molecular formula is C27H11N5OS. The molecule has 0 N–H and O–H groups in total. The number of aromatic nitrogens is 1. The van der Waals surface area contributed by atoms with E-state index in [1.54, 1.807) is 30.3 Å². The minimum absolute atomic E-state index is 0.122. The second kappa shape index (κ2) is 8.38. The Labute approximate surface area is 198 Å². The Morgan fingerprint density at radius 1 is 0.794 bits per heavy atom. The number of rotatable bonds is 2. The van der Waals surface area contributed by atoms with Crippen LogP contribution in [0.2, 0.25) is 0 Å². The van der Waals surface area contributed by atoms with E-state index in [-0.39, 0.29) is 17.0 Å². The summed E-state index contributed by atoms with van der Waals surface area (Å²) in [6.45, 7) is 0. The predicted molar refractivity (Wildman–Crippen MR) is 128 cm³/mol. The summed E-state index contributed by atoms with van der Waals surface area (Å²) < 4.78 is 5.97. The Bertz CT molecular complexity index is 1600. The van der Waals surface area contributed by atoms with Crippen molar-refractivity contribution in [1.29, 1.82) is 21.0 Å². The van der Waals surface area contributed by atoms with Gasteiger partial charge in [0.05, 0.1) is 0 Å². The van der Waals surface area contributed by atoms with Crippen molar-refractivity contribution in [2.24, 2.45) is 0 Å². The number of hydrogen-bond donors (Lipinski definition) is 0. The smallest absolute Gasteiger partial charge is 0.221 e. The van der Waals surface area contributed by atoms with E-state index in [9.17, 15) is 21.0 Å². The Kier molecular flexibility index (Phi) is 5.10. The zero-order valence-corrected chi connectivity index (χ0v) is 18.2. The van der Waals surface area contributed by atoms with Gasteiger partial charge in [0.25, 0.3) is 0 Å². The summed E-state index contributed by atoms with van der Waals surface area (Å²) in [5, 5.41) is 38.5. The van der Waals surface area contributed by atoms with Gasteiger partial charge in [0.15, 0.2) is 10.4 Å². The number of thiophene rings is 1. The third kappa shape index (κ3) is 3.27. The molecule has 2 aromatic carbocycles. The minimum atomic E-state index is -0.122. The lowest BCUT2D eigenvalue weighted by atomic mass is 9.96. The molecule has 0 fully saturated rings. The van der Waals surface area contributed by atoms with E-state index in [1.165, 1.54) is 11.3 Å². The molecule has 1 aliphatic rings. The topological polar surface area (TPSA) is 121 Å². The molecule has 0 atom stereocenters. The van der Waals surface area contributed by atoms with E-state index >= 15 is 0 Å². The highest BCUT2D eigenvalue weighted by atomic mass is 32.1. The van der Waals surface area contributed by atoms with E-state index in [2.05, 4.69) is 4.98 Å². The van der Waals surface area contributed by atoms with Gasteiger partial charge in [-0.05, 0) is 22.3 Å². The molecule has 0 amide bonds. The maximum atomic E-state index is 9.61. The first-order valence-corrected chi connectivity index (χ1v) is 10.9. The average molecular weight is 453 g/mol. The number of fused-ring (bicyclic) bond motifs is 2. The molecule has 0 bridgehead atoms. The lowest BCUT2D eigenvalue weighted by Crippen LogP contribution is -1.90. The zero-order chi connectivity index (χ0) is 23.7. The third-order valence-electron chi connectivity index (χ3n) is 5.38. The highest BCUT2D eigenvalue weighted by Gasteiger charge is 2.32. The fraction of sp³-hybridized carbons (Fsp3) is 0. The SMILES string of the molecule is N#CC(C#N)=C1C(=Cc2nc3sc(-c4ccccc4)cc3o2)C(=C(C#N)C#N)c2ccccc21. The molecule has 2 aromatic heterocycles. The third-order valence-corrected chi connectivity index (χ3v) is 6.44. The summed E-state index contributed by atoms with van der Waals surface area (Å²) in [4.78, 5) is 6.28. The van der Waals surface area contributed by atoms with Crippen LogP contribution < -0.4 is 0 Å². The van der Waals surface area contributed by atoms with Gasteiger partial charge in [0.1, 0.15) is 35.4 Å². The van der Waals surface area contributed by atoms with Crippen molar-refractivity contribution in [3.63, 3.8) is 0 Å². The summed E-state index contributed by atoms with van der Waals surface area (Å²) in [6.07, 6.45) is 1.59. The van der Waals surface area contributed by atoms with Crippen molar-refractivity contribution in [1.82, 2.24) is 4.98 Å². The molecule has 156 valence electrons. The Hall–Kier alpha value is -5.21. The summed E-state index contributed by atoms with van der Waals surface area (Å²) in [7, 11) is 0. The van der Waals surface area contributed by atoms with Crippen LogP contribution in [0, 0.1) is 45.3 Å². The Morgan fingerprint density at radius 3 is 1.88 bits per heavy atom. The Morgan fingerprint density at radius 2 is 1.35 bits per heavy atom. The van der Waals surface area contributed by atoms with E-state index < -0.39 is 0 Å². The largest absolute Gasteiger partial charge is 0.436 e. The Balaban J connectivity index is 1.73. The van der Waals surface area contributed by atoms with Gasteiger partial charge in [-0.2, -0.15) is 26.0 Å². The summed E-state index contributed by atoms with van der Waals surface area (Å²) in [6, 6.07) is 26.6. The standard InChI is InChI=1S/C27H11N5OS/c28-12-17(13-29)25-19-8-4-5-9-20(19)26(18(14-30)15-31)21(25)10-24-32-27-22(33-24)11-23(34-27)16-6-2-1-3-7-16/h1-11H. The predicted octanol–water partition coefficient (Wildman–Crippen LogP) is 6.26. The molecule has 0 spiro atoms. The summed E-state index contributed by atoms with van der Waals surface area (Å²) >= 11 is 1.48. The van der Waals surface area contributed by atoms with Crippen molar-refractivity contribution in [3.05, 3.63) is 94.4 Å². The van der Waals surface area contributed by atoms with Crippen LogP contribution in [0.3, 0.4) is 0 Å². The molecule has 34 heavy (non-hydrogen) atoms. The highest BCUT2D eigenvalue weighted by molar-refractivity contribution is 7.21. The number of nitrogens with zero attached hydrogens (tertiary/aromatic N) is 5. The molecule has 7 heteroatoms. The first kappa shape index (κ1) is 20.7. The number of hydrogen-bond acceptors (Lipinski definition) is 7. The number of nitriles is 4. The van der Waals surface area contributed by atoms with E-state index in [0.717, 1.165) is 10.4 Å². The van der Waals surface area contributed by atoms with Crippen molar-refractivity contribution in [3.8, 4) is 34.7 Å². The van der Waals surface area contributed by atoms with Crippen LogP contribution in [-0.4, -0.2) is 4.98 Å².